The van der Waals surface area contributed by atoms with Crippen LogP contribution in [0.2, 0.25) is 0 Å². The fraction of sp³-hybridized carbons (Fsp3) is 0.120. The minimum absolute atomic E-state index is 0.0815. The van der Waals surface area contributed by atoms with E-state index >= 15 is 0 Å². The van der Waals surface area contributed by atoms with Gasteiger partial charge in [-0.1, -0.05) is 72.0 Å². The fourth-order valence-electron chi connectivity index (χ4n) is 3.81. The van der Waals surface area contributed by atoms with Crippen molar-refractivity contribution in [3.8, 4) is 0 Å². The summed E-state index contributed by atoms with van der Waals surface area (Å²) in [4.78, 5) is 26.2. The lowest BCUT2D eigenvalue weighted by molar-refractivity contribution is -0.245. The summed E-state index contributed by atoms with van der Waals surface area (Å²) in [6.45, 7) is 2.99. The summed E-state index contributed by atoms with van der Waals surface area (Å²) < 4.78 is 27.6. The SMILES string of the molecule is Cc1ccc(C(=O)CN2/C(=C(/[O-])c3ccccc3)C(=O)c3ccccc3S2(=O)=O)c(C)c1. The Balaban J connectivity index is 1.90. The molecule has 0 radical (unpaired) electrons. The van der Waals surface area contributed by atoms with Crippen LogP contribution in [0.5, 0.6) is 0 Å². The predicted molar refractivity (Wildman–Crippen MR) is 118 cm³/mol. The molecule has 0 aliphatic carbocycles. The van der Waals surface area contributed by atoms with Crippen LogP contribution in [0.15, 0.2) is 83.4 Å². The molecule has 0 saturated heterocycles. The van der Waals surface area contributed by atoms with Gasteiger partial charge in [-0.25, -0.2) is 8.42 Å². The zero-order chi connectivity index (χ0) is 23.0. The second kappa shape index (κ2) is 8.09. The normalized spacial score (nSPS) is 16.4. The average Bonchev–Trinajstić information content (AvgIpc) is 2.78. The smallest absolute Gasteiger partial charge is 0.265 e. The lowest BCUT2D eigenvalue weighted by Gasteiger charge is -2.34. The number of hydrogen-bond donors (Lipinski definition) is 0. The molecule has 0 aromatic heterocycles. The number of carbonyl (C=O) groups is 2. The maximum atomic E-state index is 13.5. The molecule has 1 heterocycles. The van der Waals surface area contributed by atoms with E-state index in [4.69, 9.17) is 0 Å². The van der Waals surface area contributed by atoms with Crippen molar-refractivity contribution in [3.05, 3.63) is 106 Å². The maximum Gasteiger partial charge on any atom is 0.265 e. The number of Topliss-reactive ketones (excluding diaryl/α,β-unsaturated/α-hetero) is 2. The molecular formula is C25H20NO5S-. The van der Waals surface area contributed by atoms with E-state index in [1.807, 2.05) is 13.0 Å². The Labute approximate surface area is 186 Å². The minimum Gasteiger partial charge on any atom is -0.871 e. The Morgan fingerprint density at radius 1 is 0.938 bits per heavy atom. The lowest BCUT2D eigenvalue weighted by atomic mass is 10.0. The molecule has 0 fully saturated rings. The summed E-state index contributed by atoms with van der Waals surface area (Å²) in [5.74, 6) is -1.98. The summed E-state index contributed by atoms with van der Waals surface area (Å²) in [5.41, 5.74) is 1.51. The molecule has 0 atom stereocenters. The number of sulfonamides is 1. The first-order chi connectivity index (χ1) is 15.2. The molecule has 0 bridgehead atoms. The van der Waals surface area contributed by atoms with Gasteiger partial charge in [0.15, 0.2) is 5.78 Å². The highest BCUT2D eigenvalue weighted by Crippen LogP contribution is 2.35. The highest BCUT2D eigenvalue weighted by atomic mass is 32.2. The molecule has 4 rings (SSSR count). The van der Waals surface area contributed by atoms with Gasteiger partial charge in [0, 0.05) is 11.1 Å². The lowest BCUT2D eigenvalue weighted by Crippen LogP contribution is -2.43. The quantitative estimate of drug-likeness (QED) is 0.349. The Morgan fingerprint density at radius 3 is 2.28 bits per heavy atom. The van der Waals surface area contributed by atoms with E-state index in [0.29, 0.717) is 15.4 Å². The number of rotatable bonds is 4. The summed E-state index contributed by atoms with van der Waals surface area (Å²) >= 11 is 0. The van der Waals surface area contributed by atoms with E-state index in [9.17, 15) is 23.1 Å². The van der Waals surface area contributed by atoms with Gasteiger partial charge in [0.2, 0.25) is 5.78 Å². The highest BCUT2D eigenvalue weighted by molar-refractivity contribution is 7.89. The highest BCUT2D eigenvalue weighted by Gasteiger charge is 2.40. The molecule has 0 unspecified atom stereocenters. The topological polar surface area (TPSA) is 94.6 Å². The van der Waals surface area contributed by atoms with Crippen molar-refractivity contribution in [2.75, 3.05) is 6.54 Å². The van der Waals surface area contributed by atoms with E-state index in [1.54, 1.807) is 37.3 Å². The monoisotopic (exact) mass is 446 g/mol. The number of ketones is 2. The standard InChI is InChI=1S/C25H21NO5S/c1-16-12-13-19(17(2)14-16)21(27)15-26-23(24(28)18-8-4-3-5-9-18)25(29)20-10-6-7-11-22(20)32(26,30)31/h3-14,28H,15H2,1-2H3/p-1/b24-23+. The van der Waals surface area contributed by atoms with E-state index in [0.717, 1.165) is 5.56 Å². The predicted octanol–water partition coefficient (Wildman–Crippen LogP) is 3.10. The molecule has 0 saturated carbocycles. The van der Waals surface area contributed by atoms with Gasteiger partial charge in [-0.05, 0) is 37.1 Å². The zero-order valence-corrected chi connectivity index (χ0v) is 18.3. The Kier molecular flexibility index (Phi) is 5.44. The first kappa shape index (κ1) is 21.5. The number of hydrogen-bond acceptors (Lipinski definition) is 5. The van der Waals surface area contributed by atoms with Crippen molar-refractivity contribution in [1.29, 1.82) is 0 Å². The van der Waals surface area contributed by atoms with Gasteiger partial charge < -0.3 is 5.11 Å². The molecule has 0 spiro atoms. The number of nitrogens with zero attached hydrogens (tertiary/aromatic N) is 1. The van der Waals surface area contributed by atoms with Crippen molar-refractivity contribution in [3.63, 3.8) is 0 Å². The second-order valence-electron chi connectivity index (χ2n) is 7.62. The molecule has 1 aliphatic rings. The molecule has 6 nitrogen and oxygen atoms in total. The number of fused-ring (bicyclic) bond motifs is 1. The van der Waals surface area contributed by atoms with Crippen LogP contribution >= 0.6 is 0 Å². The zero-order valence-electron chi connectivity index (χ0n) is 17.5. The van der Waals surface area contributed by atoms with E-state index in [1.165, 1.54) is 36.4 Å². The Bertz CT molecular complexity index is 1370. The van der Waals surface area contributed by atoms with Crippen molar-refractivity contribution in [2.45, 2.75) is 18.7 Å². The van der Waals surface area contributed by atoms with E-state index in [2.05, 4.69) is 0 Å². The van der Waals surface area contributed by atoms with Crippen LogP contribution in [0.25, 0.3) is 5.76 Å². The summed E-state index contributed by atoms with van der Waals surface area (Å²) in [7, 11) is -4.31. The molecular weight excluding hydrogens is 426 g/mol. The van der Waals surface area contributed by atoms with Crippen LogP contribution in [0.1, 0.15) is 37.4 Å². The summed E-state index contributed by atoms with van der Waals surface area (Å²) in [6, 6.07) is 18.9. The minimum atomic E-state index is -4.31. The van der Waals surface area contributed by atoms with Gasteiger partial charge in [-0.15, -0.1) is 0 Å². The third-order valence-corrected chi connectivity index (χ3v) is 7.19. The summed E-state index contributed by atoms with van der Waals surface area (Å²) in [6.07, 6.45) is 0. The molecule has 7 heteroatoms. The van der Waals surface area contributed by atoms with Gasteiger partial charge >= 0.3 is 0 Å². The van der Waals surface area contributed by atoms with Crippen molar-refractivity contribution >= 4 is 27.3 Å². The number of aryl methyl sites for hydroxylation is 2. The van der Waals surface area contributed by atoms with Gasteiger partial charge in [0.25, 0.3) is 10.0 Å². The van der Waals surface area contributed by atoms with E-state index in [-0.39, 0.29) is 16.0 Å². The number of allylic oxidation sites excluding steroid dienone is 1. The van der Waals surface area contributed by atoms with Crippen LogP contribution in [-0.4, -0.2) is 30.8 Å². The van der Waals surface area contributed by atoms with Crippen molar-refractivity contribution in [2.24, 2.45) is 0 Å². The molecule has 0 N–H and O–H groups in total. The number of benzene rings is 3. The largest absolute Gasteiger partial charge is 0.871 e. The first-order valence-corrected chi connectivity index (χ1v) is 11.4. The summed E-state index contributed by atoms with van der Waals surface area (Å²) in [5, 5.41) is 13.3. The van der Waals surface area contributed by atoms with Gasteiger partial charge in [-0.3, -0.25) is 13.9 Å². The van der Waals surface area contributed by atoms with Crippen LogP contribution in [-0.2, 0) is 10.0 Å². The molecule has 0 amide bonds. The van der Waals surface area contributed by atoms with Crippen LogP contribution < -0.4 is 5.11 Å². The van der Waals surface area contributed by atoms with Crippen LogP contribution in [0.3, 0.4) is 0 Å². The molecule has 3 aromatic carbocycles. The maximum absolute atomic E-state index is 13.5. The van der Waals surface area contributed by atoms with Gasteiger partial charge in [0.1, 0.15) is 0 Å². The Morgan fingerprint density at radius 2 is 1.59 bits per heavy atom. The molecule has 1 aliphatic heterocycles. The molecule has 162 valence electrons. The van der Waals surface area contributed by atoms with Crippen molar-refractivity contribution < 1.29 is 23.1 Å². The van der Waals surface area contributed by atoms with Crippen LogP contribution in [0, 0.1) is 13.8 Å². The van der Waals surface area contributed by atoms with Gasteiger partial charge in [0.05, 0.1) is 17.1 Å². The molecule has 3 aromatic rings. The third-order valence-electron chi connectivity index (χ3n) is 5.38. The molecule has 32 heavy (non-hydrogen) atoms. The third kappa shape index (κ3) is 3.61. The Hall–Kier alpha value is -3.71. The fourth-order valence-corrected chi connectivity index (χ4v) is 5.43. The van der Waals surface area contributed by atoms with E-state index < -0.39 is 39.6 Å². The number of carbonyl (C=O) groups excluding carboxylic acids is 2. The average molecular weight is 447 g/mol. The van der Waals surface area contributed by atoms with Gasteiger partial charge in [-0.2, -0.15) is 0 Å². The van der Waals surface area contributed by atoms with Crippen LogP contribution in [0.4, 0.5) is 0 Å². The van der Waals surface area contributed by atoms with Crippen molar-refractivity contribution in [1.82, 2.24) is 4.31 Å². The second-order valence-corrected chi connectivity index (χ2v) is 9.45. The first-order valence-electron chi connectivity index (χ1n) is 9.95.